The molecule has 0 saturated heterocycles. The van der Waals surface area contributed by atoms with Gasteiger partial charge in [-0.2, -0.15) is 0 Å². The predicted molar refractivity (Wildman–Crippen MR) is 107 cm³/mol. The van der Waals surface area contributed by atoms with Crippen molar-refractivity contribution in [1.29, 1.82) is 0 Å². The van der Waals surface area contributed by atoms with Gasteiger partial charge in [0.1, 0.15) is 5.75 Å². The van der Waals surface area contributed by atoms with E-state index < -0.39 is 0 Å². The lowest BCUT2D eigenvalue weighted by Gasteiger charge is -2.08. The molecule has 0 atom stereocenters. The fourth-order valence-corrected chi connectivity index (χ4v) is 3.11. The smallest absolute Gasteiger partial charge is 0.119 e. The van der Waals surface area contributed by atoms with Crippen molar-refractivity contribution >= 4 is 0 Å². The Hall–Kier alpha value is -0.980. The van der Waals surface area contributed by atoms with Crippen molar-refractivity contribution in [3.05, 3.63) is 29.3 Å². The molecule has 0 bridgehead atoms. The Bertz CT molecular complexity index is 410. The third-order valence-corrected chi connectivity index (χ3v) is 4.99. The Kier molecular flexibility index (Phi) is 12.6. The van der Waals surface area contributed by atoms with E-state index in [1.807, 2.05) is 0 Å². The van der Waals surface area contributed by atoms with Gasteiger partial charge in [0, 0.05) is 0 Å². The van der Waals surface area contributed by atoms with Crippen molar-refractivity contribution in [2.45, 2.75) is 104 Å². The van der Waals surface area contributed by atoms with Crippen LogP contribution in [0.15, 0.2) is 18.2 Å². The quantitative estimate of drug-likeness (QED) is 0.298. The molecule has 24 heavy (non-hydrogen) atoms. The lowest BCUT2D eigenvalue weighted by molar-refractivity contribution is 0.304. The number of rotatable bonds is 15. The molecule has 1 aromatic carbocycles. The highest BCUT2D eigenvalue weighted by Crippen LogP contribution is 2.17. The second kappa shape index (κ2) is 14.4. The van der Waals surface area contributed by atoms with E-state index in [-0.39, 0.29) is 0 Å². The Balaban J connectivity index is 1.83. The Morgan fingerprint density at radius 3 is 1.62 bits per heavy atom. The van der Waals surface area contributed by atoms with Gasteiger partial charge >= 0.3 is 0 Å². The second-order valence-corrected chi connectivity index (χ2v) is 7.34. The molecule has 1 heteroatoms. The summed E-state index contributed by atoms with van der Waals surface area (Å²) < 4.78 is 5.84. The van der Waals surface area contributed by atoms with Gasteiger partial charge in [0.25, 0.3) is 0 Å². The van der Waals surface area contributed by atoms with Gasteiger partial charge in [-0.15, -0.1) is 0 Å². The van der Waals surface area contributed by atoms with Gasteiger partial charge < -0.3 is 4.74 Å². The fourth-order valence-electron chi connectivity index (χ4n) is 3.11. The van der Waals surface area contributed by atoms with Crippen molar-refractivity contribution in [1.82, 2.24) is 0 Å². The highest BCUT2D eigenvalue weighted by molar-refractivity contribution is 5.33. The molecule has 0 aliphatic carbocycles. The Labute approximate surface area is 151 Å². The number of aryl methyl sites for hydroxylation is 2. The SMILES string of the molecule is CCCCCCCCCCCCCCCOc1ccc(C)c(C)c1. The minimum absolute atomic E-state index is 0.861. The summed E-state index contributed by atoms with van der Waals surface area (Å²) in [6.45, 7) is 7.44. The highest BCUT2D eigenvalue weighted by Gasteiger charge is 1.98. The molecule has 0 heterocycles. The van der Waals surface area contributed by atoms with Gasteiger partial charge in [-0.1, -0.05) is 90.0 Å². The van der Waals surface area contributed by atoms with Gasteiger partial charge in [-0.3, -0.25) is 0 Å². The number of unbranched alkanes of at least 4 members (excludes halogenated alkanes) is 12. The van der Waals surface area contributed by atoms with Crippen molar-refractivity contribution in [3.63, 3.8) is 0 Å². The predicted octanol–water partition coefficient (Wildman–Crippen LogP) is 7.77. The van der Waals surface area contributed by atoms with E-state index in [9.17, 15) is 0 Å². The summed E-state index contributed by atoms with van der Waals surface area (Å²) >= 11 is 0. The second-order valence-electron chi connectivity index (χ2n) is 7.34. The molecule has 0 aromatic heterocycles. The van der Waals surface area contributed by atoms with Gasteiger partial charge in [0.15, 0.2) is 0 Å². The first-order chi connectivity index (χ1) is 11.7. The first-order valence-electron chi connectivity index (χ1n) is 10.4. The molecule has 138 valence electrons. The molecule has 1 nitrogen and oxygen atoms in total. The molecule has 0 unspecified atom stereocenters. The summed E-state index contributed by atoms with van der Waals surface area (Å²) in [5, 5.41) is 0. The molecular weight excluding hydrogens is 292 g/mol. The van der Waals surface area contributed by atoms with Crippen molar-refractivity contribution in [2.75, 3.05) is 6.61 Å². The molecule has 1 rings (SSSR count). The van der Waals surface area contributed by atoms with Crippen LogP contribution in [0, 0.1) is 13.8 Å². The topological polar surface area (TPSA) is 9.23 Å². The summed E-state index contributed by atoms with van der Waals surface area (Å²) in [4.78, 5) is 0. The summed E-state index contributed by atoms with van der Waals surface area (Å²) in [5.74, 6) is 1.03. The standard InChI is InChI=1S/C23H40O/c1-4-5-6-7-8-9-10-11-12-13-14-15-16-19-24-23-18-17-21(2)22(3)20-23/h17-18,20H,4-16,19H2,1-3H3. The van der Waals surface area contributed by atoms with Gasteiger partial charge in [-0.05, 0) is 43.5 Å². The van der Waals surface area contributed by atoms with E-state index in [0.29, 0.717) is 0 Å². The number of hydrogen-bond donors (Lipinski definition) is 0. The first kappa shape index (κ1) is 21.1. The minimum Gasteiger partial charge on any atom is -0.494 e. The third kappa shape index (κ3) is 10.7. The molecular formula is C23H40O. The van der Waals surface area contributed by atoms with E-state index >= 15 is 0 Å². The zero-order chi connectivity index (χ0) is 17.5. The molecule has 0 radical (unpaired) electrons. The average Bonchev–Trinajstić information content (AvgIpc) is 2.58. The van der Waals surface area contributed by atoms with Crippen LogP contribution in [-0.2, 0) is 0 Å². The minimum atomic E-state index is 0.861. The summed E-state index contributed by atoms with van der Waals surface area (Å²) in [6.07, 6.45) is 18.2. The van der Waals surface area contributed by atoms with E-state index in [4.69, 9.17) is 4.74 Å². The van der Waals surface area contributed by atoms with E-state index in [1.165, 1.54) is 94.6 Å². The van der Waals surface area contributed by atoms with Crippen LogP contribution >= 0.6 is 0 Å². The molecule has 0 N–H and O–H groups in total. The summed E-state index contributed by atoms with van der Waals surface area (Å²) in [6, 6.07) is 6.39. The van der Waals surface area contributed by atoms with Crippen molar-refractivity contribution < 1.29 is 4.74 Å². The summed E-state index contributed by atoms with van der Waals surface area (Å²) in [7, 11) is 0. The third-order valence-electron chi connectivity index (χ3n) is 4.99. The zero-order valence-electron chi connectivity index (χ0n) is 16.5. The normalized spacial score (nSPS) is 11.0. The molecule has 0 saturated carbocycles. The van der Waals surface area contributed by atoms with Crippen LogP contribution in [-0.4, -0.2) is 6.61 Å². The molecule has 0 aliphatic heterocycles. The number of hydrogen-bond acceptors (Lipinski definition) is 1. The maximum absolute atomic E-state index is 5.84. The molecule has 0 fully saturated rings. The van der Waals surface area contributed by atoms with E-state index in [2.05, 4.69) is 39.0 Å². The van der Waals surface area contributed by atoms with Crippen LogP contribution in [0.1, 0.15) is 102 Å². The lowest BCUT2D eigenvalue weighted by Crippen LogP contribution is -1.98. The van der Waals surface area contributed by atoms with Gasteiger partial charge in [0.2, 0.25) is 0 Å². The van der Waals surface area contributed by atoms with Crippen molar-refractivity contribution in [2.24, 2.45) is 0 Å². The Morgan fingerprint density at radius 2 is 1.12 bits per heavy atom. The lowest BCUT2D eigenvalue weighted by atomic mass is 10.0. The van der Waals surface area contributed by atoms with Crippen LogP contribution in [0.5, 0.6) is 5.75 Å². The molecule has 0 spiro atoms. The maximum atomic E-state index is 5.84. The van der Waals surface area contributed by atoms with Crippen molar-refractivity contribution in [3.8, 4) is 5.75 Å². The largest absolute Gasteiger partial charge is 0.494 e. The first-order valence-corrected chi connectivity index (χ1v) is 10.4. The zero-order valence-corrected chi connectivity index (χ0v) is 16.5. The molecule has 1 aromatic rings. The Morgan fingerprint density at radius 1 is 0.625 bits per heavy atom. The fraction of sp³-hybridized carbons (Fsp3) is 0.739. The van der Waals surface area contributed by atoms with Gasteiger partial charge in [0.05, 0.1) is 6.61 Å². The van der Waals surface area contributed by atoms with Crippen LogP contribution in [0.2, 0.25) is 0 Å². The molecule has 0 amide bonds. The monoisotopic (exact) mass is 332 g/mol. The number of ether oxygens (including phenoxy) is 1. The van der Waals surface area contributed by atoms with Crippen LogP contribution in [0.4, 0.5) is 0 Å². The highest BCUT2D eigenvalue weighted by atomic mass is 16.5. The van der Waals surface area contributed by atoms with Gasteiger partial charge in [-0.25, -0.2) is 0 Å². The van der Waals surface area contributed by atoms with E-state index in [1.54, 1.807) is 0 Å². The number of benzene rings is 1. The maximum Gasteiger partial charge on any atom is 0.119 e. The molecule has 0 aliphatic rings. The summed E-state index contributed by atoms with van der Waals surface area (Å²) in [5.41, 5.74) is 2.65. The van der Waals surface area contributed by atoms with E-state index in [0.717, 1.165) is 12.4 Å². The van der Waals surface area contributed by atoms with Crippen LogP contribution < -0.4 is 4.74 Å². The van der Waals surface area contributed by atoms with Crippen LogP contribution in [0.3, 0.4) is 0 Å². The van der Waals surface area contributed by atoms with Crippen LogP contribution in [0.25, 0.3) is 0 Å². The average molecular weight is 333 g/mol.